The Morgan fingerprint density at radius 1 is 0.968 bits per heavy atom. The number of methoxy groups -OCH3 is 2. The van der Waals surface area contributed by atoms with Crippen molar-refractivity contribution in [3.05, 3.63) is 64.6 Å². The summed E-state index contributed by atoms with van der Waals surface area (Å²) in [6.07, 6.45) is 0. The molecule has 0 aliphatic heterocycles. The molecule has 0 aliphatic carbocycles. The first kappa shape index (κ1) is 21.7. The Labute approximate surface area is 193 Å². The van der Waals surface area contributed by atoms with E-state index in [0.29, 0.717) is 16.3 Å². The number of halogens is 2. The number of ether oxygens (including phenoxy) is 2. The van der Waals surface area contributed by atoms with Crippen LogP contribution in [-0.4, -0.2) is 27.6 Å². The SMILES string of the molecule is COc1ccc2nc(-c3ccc(NS(=O)(=O)c4cc(Cl)ccc4OC)cc3Cl)sc2c1. The number of rotatable bonds is 6. The third kappa shape index (κ3) is 4.43. The molecule has 0 radical (unpaired) electrons. The van der Waals surface area contributed by atoms with Crippen LogP contribution in [0.4, 0.5) is 5.69 Å². The van der Waals surface area contributed by atoms with E-state index in [1.807, 2.05) is 18.2 Å². The van der Waals surface area contributed by atoms with Crippen LogP contribution in [0.1, 0.15) is 0 Å². The average molecular weight is 495 g/mol. The first-order valence-corrected chi connectivity index (χ1v) is 12.0. The molecular weight excluding hydrogens is 479 g/mol. The second kappa shape index (κ2) is 8.55. The van der Waals surface area contributed by atoms with E-state index < -0.39 is 10.0 Å². The molecule has 0 atom stereocenters. The highest BCUT2D eigenvalue weighted by Gasteiger charge is 2.21. The summed E-state index contributed by atoms with van der Waals surface area (Å²) in [5, 5.41) is 1.37. The standard InChI is InChI=1S/C21H16Cl2N2O4S2/c1-28-14-5-7-17-19(11-14)30-21(24-17)15-6-4-13(10-16(15)23)25-31(26,27)20-9-12(22)3-8-18(20)29-2/h3-11,25H,1-2H3. The smallest absolute Gasteiger partial charge is 0.265 e. The van der Waals surface area contributed by atoms with Gasteiger partial charge in [0.1, 0.15) is 21.4 Å². The molecular formula is C21H16Cl2N2O4S2. The number of anilines is 1. The molecule has 1 aromatic heterocycles. The van der Waals surface area contributed by atoms with Crippen LogP contribution >= 0.6 is 34.5 Å². The molecule has 0 fully saturated rings. The molecule has 0 saturated heterocycles. The fourth-order valence-corrected chi connectivity index (χ4v) is 5.81. The zero-order valence-electron chi connectivity index (χ0n) is 16.3. The van der Waals surface area contributed by atoms with Gasteiger partial charge in [-0.15, -0.1) is 11.3 Å². The van der Waals surface area contributed by atoms with Gasteiger partial charge in [-0.25, -0.2) is 13.4 Å². The van der Waals surface area contributed by atoms with Crippen molar-refractivity contribution in [2.24, 2.45) is 0 Å². The van der Waals surface area contributed by atoms with Gasteiger partial charge >= 0.3 is 0 Å². The third-order valence-electron chi connectivity index (χ3n) is 4.46. The minimum absolute atomic E-state index is 0.0668. The van der Waals surface area contributed by atoms with Gasteiger partial charge in [0.15, 0.2) is 0 Å². The van der Waals surface area contributed by atoms with Crippen molar-refractivity contribution < 1.29 is 17.9 Å². The van der Waals surface area contributed by atoms with Gasteiger partial charge in [0.05, 0.1) is 35.1 Å². The highest BCUT2D eigenvalue weighted by atomic mass is 35.5. The molecule has 0 saturated carbocycles. The molecule has 0 bridgehead atoms. The van der Waals surface area contributed by atoms with Gasteiger partial charge in [-0.2, -0.15) is 0 Å². The minimum Gasteiger partial charge on any atom is -0.497 e. The number of thiazole rings is 1. The van der Waals surface area contributed by atoms with Crippen molar-refractivity contribution >= 4 is 60.5 Å². The lowest BCUT2D eigenvalue weighted by Gasteiger charge is -2.12. The quantitative estimate of drug-likeness (QED) is 0.350. The van der Waals surface area contributed by atoms with E-state index in [4.69, 9.17) is 32.7 Å². The van der Waals surface area contributed by atoms with Gasteiger partial charge < -0.3 is 9.47 Å². The van der Waals surface area contributed by atoms with E-state index in [-0.39, 0.29) is 15.7 Å². The Bertz CT molecular complexity index is 1390. The molecule has 160 valence electrons. The first-order chi connectivity index (χ1) is 14.8. The Morgan fingerprint density at radius 3 is 2.48 bits per heavy atom. The highest BCUT2D eigenvalue weighted by Crippen LogP contribution is 2.37. The zero-order valence-corrected chi connectivity index (χ0v) is 19.5. The van der Waals surface area contributed by atoms with E-state index in [9.17, 15) is 8.42 Å². The van der Waals surface area contributed by atoms with Crippen molar-refractivity contribution in [3.8, 4) is 22.1 Å². The fraction of sp³-hybridized carbons (Fsp3) is 0.0952. The largest absolute Gasteiger partial charge is 0.497 e. The van der Waals surface area contributed by atoms with Crippen LogP contribution in [0, 0.1) is 0 Å². The fourth-order valence-electron chi connectivity index (χ4n) is 2.97. The topological polar surface area (TPSA) is 77.5 Å². The lowest BCUT2D eigenvalue weighted by Crippen LogP contribution is -2.14. The molecule has 3 aromatic carbocycles. The summed E-state index contributed by atoms with van der Waals surface area (Å²) in [5.74, 6) is 0.930. The molecule has 0 spiro atoms. The van der Waals surface area contributed by atoms with Crippen LogP contribution in [0.25, 0.3) is 20.8 Å². The van der Waals surface area contributed by atoms with E-state index in [0.717, 1.165) is 21.0 Å². The highest BCUT2D eigenvalue weighted by molar-refractivity contribution is 7.92. The van der Waals surface area contributed by atoms with Crippen molar-refractivity contribution in [1.82, 2.24) is 4.98 Å². The summed E-state index contributed by atoms with van der Waals surface area (Å²) in [6, 6.07) is 14.9. The number of nitrogens with zero attached hydrogens (tertiary/aromatic N) is 1. The Hall–Kier alpha value is -2.52. The number of aromatic nitrogens is 1. The normalized spacial score (nSPS) is 11.5. The Balaban J connectivity index is 1.66. The predicted octanol–water partition coefficient (Wildman–Crippen LogP) is 6.09. The Kier molecular flexibility index (Phi) is 5.98. The monoisotopic (exact) mass is 494 g/mol. The van der Waals surface area contributed by atoms with Crippen molar-refractivity contribution in [3.63, 3.8) is 0 Å². The second-order valence-electron chi connectivity index (χ2n) is 6.45. The predicted molar refractivity (Wildman–Crippen MR) is 125 cm³/mol. The summed E-state index contributed by atoms with van der Waals surface area (Å²) >= 11 is 13.9. The van der Waals surface area contributed by atoms with Crippen LogP contribution in [0.3, 0.4) is 0 Å². The maximum Gasteiger partial charge on any atom is 0.265 e. The molecule has 10 heteroatoms. The maximum absolute atomic E-state index is 12.9. The minimum atomic E-state index is -3.95. The zero-order chi connectivity index (χ0) is 22.2. The molecule has 6 nitrogen and oxygen atoms in total. The van der Waals surface area contributed by atoms with Gasteiger partial charge in [-0.05, 0) is 54.6 Å². The molecule has 4 rings (SSSR count). The average Bonchev–Trinajstić information content (AvgIpc) is 3.16. The lowest BCUT2D eigenvalue weighted by atomic mass is 10.2. The van der Waals surface area contributed by atoms with Crippen LogP contribution < -0.4 is 14.2 Å². The molecule has 31 heavy (non-hydrogen) atoms. The van der Waals surface area contributed by atoms with E-state index in [2.05, 4.69) is 9.71 Å². The van der Waals surface area contributed by atoms with Crippen LogP contribution in [0.15, 0.2) is 59.5 Å². The number of fused-ring (bicyclic) bond motifs is 1. The third-order valence-corrected chi connectivity index (χ3v) is 7.46. The van der Waals surface area contributed by atoms with Crippen molar-refractivity contribution in [2.75, 3.05) is 18.9 Å². The van der Waals surface area contributed by atoms with Crippen LogP contribution in [0.2, 0.25) is 10.0 Å². The second-order valence-corrected chi connectivity index (χ2v) is 9.97. The van der Waals surface area contributed by atoms with Gasteiger partial charge in [0.2, 0.25) is 0 Å². The summed E-state index contributed by atoms with van der Waals surface area (Å²) in [7, 11) is -0.946. The summed E-state index contributed by atoms with van der Waals surface area (Å²) in [4.78, 5) is 4.55. The number of benzene rings is 3. The summed E-state index contributed by atoms with van der Waals surface area (Å²) in [6.45, 7) is 0. The number of hydrogen-bond donors (Lipinski definition) is 1. The van der Waals surface area contributed by atoms with Crippen molar-refractivity contribution in [1.29, 1.82) is 0 Å². The summed E-state index contributed by atoms with van der Waals surface area (Å²) in [5.41, 5.74) is 1.83. The van der Waals surface area contributed by atoms with Crippen molar-refractivity contribution in [2.45, 2.75) is 4.90 Å². The van der Waals surface area contributed by atoms with Crippen LogP contribution in [-0.2, 0) is 10.0 Å². The molecule has 0 amide bonds. The van der Waals surface area contributed by atoms with Gasteiger partial charge in [-0.3, -0.25) is 4.72 Å². The summed E-state index contributed by atoms with van der Waals surface area (Å²) < 4.78 is 39.6. The Morgan fingerprint density at radius 2 is 1.77 bits per heavy atom. The van der Waals surface area contributed by atoms with E-state index >= 15 is 0 Å². The molecule has 0 aliphatic rings. The van der Waals surface area contributed by atoms with Gasteiger partial charge in [0, 0.05) is 10.6 Å². The van der Waals surface area contributed by atoms with E-state index in [1.165, 1.54) is 36.6 Å². The number of nitrogens with one attached hydrogen (secondary N) is 1. The van der Waals surface area contributed by atoms with Crippen LogP contribution in [0.5, 0.6) is 11.5 Å². The number of hydrogen-bond acceptors (Lipinski definition) is 6. The molecule has 0 unspecified atom stereocenters. The molecule has 1 heterocycles. The van der Waals surface area contributed by atoms with Gasteiger partial charge in [-0.1, -0.05) is 23.2 Å². The first-order valence-electron chi connectivity index (χ1n) is 8.91. The van der Waals surface area contributed by atoms with Gasteiger partial charge in [0.25, 0.3) is 10.0 Å². The van der Waals surface area contributed by atoms with E-state index in [1.54, 1.807) is 25.3 Å². The number of sulfonamides is 1. The maximum atomic E-state index is 12.9. The molecule has 1 N–H and O–H groups in total. The lowest BCUT2D eigenvalue weighted by molar-refractivity contribution is 0.403. The molecule has 4 aromatic rings.